The van der Waals surface area contributed by atoms with Gasteiger partial charge in [0, 0.05) is 13.0 Å². The van der Waals surface area contributed by atoms with Crippen molar-refractivity contribution in [1.29, 1.82) is 0 Å². The average Bonchev–Trinajstić information content (AvgIpc) is 3.16. The molecule has 3 fully saturated rings. The van der Waals surface area contributed by atoms with Crippen LogP contribution in [0.2, 0.25) is 0 Å². The minimum atomic E-state index is -0.756. The fourth-order valence-electron chi connectivity index (χ4n) is 4.58. The van der Waals surface area contributed by atoms with E-state index < -0.39 is 18.0 Å². The van der Waals surface area contributed by atoms with Crippen LogP contribution >= 0.6 is 0 Å². The van der Waals surface area contributed by atoms with Crippen molar-refractivity contribution in [2.75, 3.05) is 7.05 Å². The summed E-state index contributed by atoms with van der Waals surface area (Å²) in [6.07, 6.45) is 6.20. The number of epoxide rings is 1. The smallest absolute Gasteiger partial charge is 0.409 e. The monoisotopic (exact) mass is 351 g/mol. The highest BCUT2D eigenvalue weighted by atomic mass is 16.7. The SMILES string of the molecule is CNC(=O)O[C@@H]1OC=C(C(=O)OC2CCCCC2)[C@H]2C[C@@H]3O[C@]3(C)[C@H]12. The molecule has 0 aromatic carbocycles. The second-order valence-corrected chi connectivity index (χ2v) is 7.56. The van der Waals surface area contributed by atoms with E-state index in [-0.39, 0.29) is 30.0 Å². The standard InChI is InChI=1S/C18H25NO6/c1-18-13(25-18)8-11-12(15(20)23-10-6-4-3-5-7-10)9-22-16(14(11)18)24-17(21)19-2/h9-11,13-14,16H,3-8H2,1-2H3,(H,19,21)/t11-,13+,14+,16+,18+/m1/s1. The van der Waals surface area contributed by atoms with Crippen molar-refractivity contribution in [3.63, 3.8) is 0 Å². The highest BCUT2D eigenvalue weighted by Crippen LogP contribution is 2.61. The van der Waals surface area contributed by atoms with E-state index in [1.54, 1.807) is 0 Å². The van der Waals surface area contributed by atoms with Crippen molar-refractivity contribution >= 4 is 12.1 Å². The van der Waals surface area contributed by atoms with Gasteiger partial charge in [-0.1, -0.05) is 6.42 Å². The van der Waals surface area contributed by atoms with Gasteiger partial charge in [0.1, 0.15) is 11.7 Å². The van der Waals surface area contributed by atoms with Crippen molar-refractivity contribution in [1.82, 2.24) is 5.32 Å². The summed E-state index contributed by atoms with van der Waals surface area (Å²) in [4.78, 5) is 24.3. The highest BCUT2D eigenvalue weighted by molar-refractivity contribution is 5.89. The highest BCUT2D eigenvalue weighted by Gasteiger charge is 2.71. The molecule has 1 N–H and O–H groups in total. The molecular weight excluding hydrogens is 326 g/mol. The van der Waals surface area contributed by atoms with E-state index in [1.165, 1.54) is 19.7 Å². The number of ether oxygens (including phenoxy) is 4. The predicted molar refractivity (Wildman–Crippen MR) is 86.3 cm³/mol. The van der Waals surface area contributed by atoms with Gasteiger partial charge >= 0.3 is 12.1 Å². The average molecular weight is 351 g/mol. The quantitative estimate of drug-likeness (QED) is 0.620. The van der Waals surface area contributed by atoms with E-state index in [1.807, 2.05) is 6.92 Å². The lowest BCUT2D eigenvalue weighted by Crippen LogP contribution is -2.44. The first kappa shape index (κ1) is 16.7. The molecule has 1 saturated heterocycles. The Morgan fingerprint density at radius 1 is 1.24 bits per heavy atom. The third kappa shape index (κ3) is 2.88. The van der Waals surface area contributed by atoms with Crippen LogP contribution in [0.1, 0.15) is 45.4 Å². The Labute approximate surface area is 147 Å². The molecule has 2 heterocycles. The lowest BCUT2D eigenvalue weighted by molar-refractivity contribution is -0.156. The number of hydrogen-bond acceptors (Lipinski definition) is 6. The van der Waals surface area contributed by atoms with Gasteiger partial charge in [-0.2, -0.15) is 0 Å². The largest absolute Gasteiger partial charge is 0.461 e. The van der Waals surface area contributed by atoms with Gasteiger partial charge in [0.25, 0.3) is 6.29 Å². The van der Waals surface area contributed by atoms with Crippen LogP contribution in [0.3, 0.4) is 0 Å². The molecule has 1 amide bonds. The van der Waals surface area contributed by atoms with Gasteiger partial charge in [0.15, 0.2) is 0 Å². The molecule has 0 aromatic rings. The number of carbonyl (C=O) groups excluding carboxylic acids is 2. The van der Waals surface area contributed by atoms with E-state index in [9.17, 15) is 9.59 Å². The van der Waals surface area contributed by atoms with Gasteiger partial charge < -0.3 is 24.3 Å². The van der Waals surface area contributed by atoms with Crippen molar-refractivity contribution in [2.45, 2.75) is 69.5 Å². The molecule has 0 bridgehead atoms. The number of carbonyl (C=O) groups is 2. The van der Waals surface area contributed by atoms with Crippen molar-refractivity contribution < 1.29 is 28.5 Å². The van der Waals surface area contributed by atoms with E-state index in [2.05, 4.69) is 5.32 Å². The van der Waals surface area contributed by atoms with Gasteiger partial charge in [-0.05, 0) is 39.0 Å². The van der Waals surface area contributed by atoms with Gasteiger partial charge in [0.2, 0.25) is 0 Å². The third-order valence-electron chi connectivity index (χ3n) is 6.05. The van der Waals surface area contributed by atoms with Gasteiger partial charge in [0.05, 0.1) is 23.9 Å². The first-order chi connectivity index (χ1) is 12.0. The lowest BCUT2D eigenvalue weighted by atomic mass is 9.82. The maximum atomic E-state index is 12.7. The molecule has 2 aliphatic carbocycles. The number of esters is 1. The summed E-state index contributed by atoms with van der Waals surface area (Å²) in [7, 11) is 1.50. The van der Waals surface area contributed by atoms with Crippen LogP contribution in [-0.4, -0.2) is 43.2 Å². The van der Waals surface area contributed by atoms with Gasteiger partial charge in [-0.15, -0.1) is 0 Å². The summed E-state index contributed by atoms with van der Waals surface area (Å²) in [6.45, 7) is 1.99. The van der Waals surface area contributed by atoms with E-state index in [0.717, 1.165) is 32.1 Å². The Bertz CT molecular complexity index is 598. The molecule has 25 heavy (non-hydrogen) atoms. The van der Waals surface area contributed by atoms with Crippen LogP contribution in [0.25, 0.3) is 0 Å². The molecule has 0 spiro atoms. The summed E-state index contributed by atoms with van der Waals surface area (Å²) in [5, 5.41) is 2.43. The van der Waals surface area contributed by atoms with E-state index >= 15 is 0 Å². The molecule has 138 valence electrons. The fraction of sp³-hybridized carbons (Fsp3) is 0.778. The zero-order valence-electron chi connectivity index (χ0n) is 14.7. The first-order valence-corrected chi connectivity index (χ1v) is 9.15. The maximum absolute atomic E-state index is 12.7. The molecule has 0 aromatic heterocycles. The molecule has 5 atom stereocenters. The minimum Gasteiger partial charge on any atom is -0.461 e. The number of rotatable bonds is 3. The van der Waals surface area contributed by atoms with Crippen LogP contribution in [0.4, 0.5) is 4.79 Å². The van der Waals surface area contributed by atoms with Gasteiger partial charge in [-0.3, -0.25) is 0 Å². The van der Waals surface area contributed by atoms with Crippen LogP contribution in [0.15, 0.2) is 11.8 Å². The second-order valence-electron chi connectivity index (χ2n) is 7.56. The fourth-order valence-corrected chi connectivity index (χ4v) is 4.58. The van der Waals surface area contributed by atoms with Crippen molar-refractivity contribution in [3.8, 4) is 0 Å². The molecule has 0 radical (unpaired) electrons. The number of fused-ring (bicyclic) bond motifs is 3. The number of nitrogens with one attached hydrogen (secondary N) is 1. The Balaban J connectivity index is 1.50. The normalized spacial score (nSPS) is 39.4. The summed E-state index contributed by atoms with van der Waals surface area (Å²) >= 11 is 0. The van der Waals surface area contributed by atoms with E-state index in [0.29, 0.717) is 5.57 Å². The summed E-state index contributed by atoms with van der Waals surface area (Å²) < 4.78 is 22.4. The summed E-state index contributed by atoms with van der Waals surface area (Å²) in [5.74, 6) is -0.567. The Kier molecular flexibility index (Phi) is 4.14. The van der Waals surface area contributed by atoms with Crippen molar-refractivity contribution in [3.05, 3.63) is 11.8 Å². The molecule has 2 saturated carbocycles. The van der Waals surface area contributed by atoms with Crippen LogP contribution in [0, 0.1) is 11.8 Å². The summed E-state index contributed by atoms with van der Waals surface area (Å²) in [6, 6.07) is 0. The summed E-state index contributed by atoms with van der Waals surface area (Å²) in [5.41, 5.74) is 0.137. The minimum absolute atomic E-state index is 0.00298. The topological polar surface area (TPSA) is 86.4 Å². The first-order valence-electron chi connectivity index (χ1n) is 9.15. The van der Waals surface area contributed by atoms with Crippen molar-refractivity contribution in [2.24, 2.45) is 11.8 Å². The second kappa shape index (κ2) is 6.20. The Hall–Kier alpha value is -1.76. The van der Waals surface area contributed by atoms with Gasteiger partial charge in [-0.25, -0.2) is 9.59 Å². The lowest BCUT2D eigenvalue weighted by Gasteiger charge is -2.36. The third-order valence-corrected chi connectivity index (χ3v) is 6.05. The zero-order chi connectivity index (χ0) is 17.6. The molecule has 7 nitrogen and oxygen atoms in total. The predicted octanol–water partition coefficient (Wildman–Crippen LogP) is 2.25. The van der Waals surface area contributed by atoms with Crippen LogP contribution in [-0.2, 0) is 23.7 Å². The molecular formula is C18H25NO6. The van der Waals surface area contributed by atoms with Crippen LogP contribution < -0.4 is 5.32 Å². The Morgan fingerprint density at radius 2 is 2.00 bits per heavy atom. The van der Waals surface area contributed by atoms with E-state index in [4.69, 9.17) is 18.9 Å². The molecule has 2 aliphatic heterocycles. The Morgan fingerprint density at radius 3 is 2.72 bits per heavy atom. The number of amides is 1. The number of hydrogen-bond donors (Lipinski definition) is 1. The molecule has 4 aliphatic rings. The maximum Gasteiger partial charge on any atom is 0.409 e. The number of alkyl carbamates (subject to hydrolysis) is 1. The molecule has 7 heteroatoms. The van der Waals surface area contributed by atoms with Crippen LogP contribution in [0.5, 0.6) is 0 Å². The zero-order valence-corrected chi connectivity index (χ0v) is 14.7. The molecule has 0 unspecified atom stereocenters. The molecule has 4 rings (SSSR count).